The third-order valence-corrected chi connectivity index (χ3v) is 3.36. The van der Waals surface area contributed by atoms with E-state index in [0.717, 1.165) is 19.3 Å². The van der Waals surface area contributed by atoms with Crippen LogP contribution in [0, 0.1) is 0 Å². The Morgan fingerprint density at radius 1 is 1.21 bits per heavy atom. The van der Waals surface area contributed by atoms with Gasteiger partial charge in [0.05, 0.1) is 6.16 Å². The predicted molar refractivity (Wildman–Crippen MR) is 58.2 cm³/mol. The molecule has 0 amide bonds. The number of nitrogens with zero attached hydrogens (tertiary/aromatic N) is 1. The molecule has 0 rings (SSSR count). The van der Waals surface area contributed by atoms with Gasteiger partial charge in [0.25, 0.3) is 0 Å². The van der Waals surface area contributed by atoms with Crippen LogP contribution in [-0.4, -0.2) is 29.2 Å². The molecule has 0 fully saturated rings. The Kier molecular flexibility index (Phi) is 7.47. The van der Waals surface area contributed by atoms with E-state index in [1.165, 1.54) is 5.06 Å². The van der Waals surface area contributed by atoms with Gasteiger partial charge in [0, 0.05) is 13.1 Å². The number of hydrogen-bond acceptors (Lipinski definition) is 3. The van der Waals surface area contributed by atoms with Crippen molar-refractivity contribution >= 4 is 7.60 Å². The van der Waals surface area contributed by atoms with Crippen LogP contribution in [0.1, 0.15) is 40.0 Å². The Labute approximate surface area is 86.7 Å². The molecular formula is C9H22NO3P. The molecule has 1 unspecified atom stereocenters. The second-order valence-electron chi connectivity index (χ2n) is 3.26. The molecule has 0 spiro atoms. The Bertz CT molecular complexity index is 183. The summed E-state index contributed by atoms with van der Waals surface area (Å²) in [6.45, 7) is 7.13. The number of hydroxylamine groups is 2. The lowest BCUT2D eigenvalue weighted by molar-refractivity contribution is -0.0577. The van der Waals surface area contributed by atoms with Crippen LogP contribution in [0.25, 0.3) is 0 Å². The van der Waals surface area contributed by atoms with Crippen LogP contribution in [0.3, 0.4) is 0 Å². The molecule has 5 heteroatoms. The standard InChI is InChI=1S/C9H22NO3P/c1-4-7-8-9-14(11,12)13-10(5-2)6-3/h4-9H2,1-3H3,(H,11,12). The summed E-state index contributed by atoms with van der Waals surface area (Å²) in [7, 11) is -3.39. The molecule has 0 aromatic carbocycles. The van der Waals surface area contributed by atoms with Gasteiger partial charge in [0.15, 0.2) is 0 Å². The smallest absolute Gasteiger partial charge is 0.323 e. The van der Waals surface area contributed by atoms with Crippen molar-refractivity contribution < 1.29 is 14.1 Å². The SMILES string of the molecule is CCCCCP(=O)(O)ON(CC)CC. The van der Waals surface area contributed by atoms with Gasteiger partial charge in [0.1, 0.15) is 0 Å². The van der Waals surface area contributed by atoms with Crippen molar-refractivity contribution in [3.8, 4) is 0 Å². The molecule has 86 valence electrons. The van der Waals surface area contributed by atoms with Crippen LogP contribution in [-0.2, 0) is 9.19 Å². The molecule has 0 aromatic rings. The van der Waals surface area contributed by atoms with E-state index >= 15 is 0 Å². The van der Waals surface area contributed by atoms with E-state index in [1.807, 2.05) is 13.8 Å². The van der Waals surface area contributed by atoms with Gasteiger partial charge in [0.2, 0.25) is 0 Å². The summed E-state index contributed by atoms with van der Waals surface area (Å²) in [4.78, 5) is 9.47. The average Bonchev–Trinajstić information content (AvgIpc) is 2.14. The third kappa shape index (κ3) is 6.55. The Balaban J connectivity index is 3.86. The minimum atomic E-state index is -3.39. The molecule has 0 aliphatic carbocycles. The first-order valence-corrected chi connectivity index (χ1v) is 7.08. The topological polar surface area (TPSA) is 49.8 Å². The number of rotatable bonds is 8. The van der Waals surface area contributed by atoms with Crippen molar-refractivity contribution in [2.45, 2.75) is 40.0 Å². The maximum atomic E-state index is 11.5. The van der Waals surface area contributed by atoms with Gasteiger partial charge in [-0.3, -0.25) is 4.57 Å². The minimum Gasteiger partial charge on any atom is -0.323 e. The number of unbranched alkanes of at least 4 members (excludes halogenated alkanes) is 2. The molecule has 1 N–H and O–H groups in total. The second-order valence-corrected chi connectivity index (χ2v) is 5.15. The normalized spacial score (nSPS) is 15.8. The second kappa shape index (κ2) is 7.41. The Morgan fingerprint density at radius 2 is 1.79 bits per heavy atom. The zero-order chi connectivity index (χ0) is 11.0. The Morgan fingerprint density at radius 3 is 2.21 bits per heavy atom. The molecular weight excluding hydrogens is 201 g/mol. The van der Waals surface area contributed by atoms with Gasteiger partial charge in [-0.1, -0.05) is 33.6 Å². The monoisotopic (exact) mass is 223 g/mol. The lowest BCUT2D eigenvalue weighted by atomic mass is 10.3. The highest BCUT2D eigenvalue weighted by Crippen LogP contribution is 2.43. The van der Waals surface area contributed by atoms with Crippen molar-refractivity contribution in [3.05, 3.63) is 0 Å². The molecule has 0 radical (unpaired) electrons. The predicted octanol–water partition coefficient (Wildman–Crippen LogP) is 2.64. The fourth-order valence-electron chi connectivity index (χ4n) is 1.12. The summed E-state index contributed by atoms with van der Waals surface area (Å²) in [6, 6.07) is 0. The molecule has 0 bridgehead atoms. The van der Waals surface area contributed by atoms with E-state index in [-0.39, 0.29) is 6.16 Å². The minimum absolute atomic E-state index is 0.261. The molecule has 0 heterocycles. The highest BCUT2D eigenvalue weighted by atomic mass is 31.2. The van der Waals surface area contributed by atoms with Crippen LogP contribution in [0.2, 0.25) is 0 Å². The van der Waals surface area contributed by atoms with Gasteiger partial charge in [-0.25, -0.2) is 4.62 Å². The van der Waals surface area contributed by atoms with Crippen molar-refractivity contribution in [1.82, 2.24) is 5.06 Å². The fourth-order valence-corrected chi connectivity index (χ4v) is 2.42. The number of hydrogen-bond donors (Lipinski definition) is 1. The average molecular weight is 223 g/mol. The maximum Gasteiger partial charge on any atom is 0.344 e. The maximum absolute atomic E-state index is 11.5. The van der Waals surface area contributed by atoms with Crippen molar-refractivity contribution in [2.75, 3.05) is 19.3 Å². The zero-order valence-corrected chi connectivity index (χ0v) is 10.3. The van der Waals surface area contributed by atoms with E-state index in [1.54, 1.807) is 0 Å². The molecule has 14 heavy (non-hydrogen) atoms. The van der Waals surface area contributed by atoms with Gasteiger partial charge in [-0.15, -0.1) is 0 Å². The van der Waals surface area contributed by atoms with Crippen LogP contribution >= 0.6 is 7.60 Å². The lowest BCUT2D eigenvalue weighted by Crippen LogP contribution is -2.22. The van der Waals surface area contributed by atoms with E-state index in [2.05, 4.69) is 6.92 Å². The first-order valence-electron chi connectivity index (χ1n) is 5.32. The summed E-state index contributed by atoms with van der Waals surface area (Å²) < 4.78 is 16.5. The molecule has 4 nitrogen and oxygen atoms in total. The highest BCUT2D eigenvalue weighted by molar-refractivity contribution is 7.52. The van der Waals surface area contributed by atoms with Gasteiger partial charge < -0.3 is 4.89 Å². The van der Waals surface area contributed by atoms with Gasteiger partial charge in [-0.2, -0.15) is 5.06 Å². The van der Waals surface area contributed by atoms with Crippen molar-refractivity contribution in [1.29, 1.82) is 0 Å². The molecule has 0 aliphatic rings. The molecule has 1 atom stereocenters. The summed E-state index contributed by atoms with van der Waals surface area (Å²) >= 11 is 0. The fraction of sp³-hybridized carbons (Fsp3) is 1.00. The first kappa shape index (κ1) is 14.1. The van der Waals surface area contributed by atoms with Gasteiger partial charge >= 0.3 is 7.60 Å². The van der Waals surface area contributed by atoms with Crippen LogP contribution in [0.15, 0.2) is 0 Å². The Hall–Kier alpha value is 0.110. The summed E-state index contributed by atoms with van der Waals surface area (Å²) in [5.74, 6) is 0. The van der Waals surface area contributed by atoms with E-state index in [4.69, 9.17) is 4.62 Å². The zero-order valence-electron chi connectivity index (χ0n) is 9.40. The van der Waals surface area contributed by atoms with Crippen LogP contribution in [0.4, 0.5) is 0 Å². The van der Waals surface area contributed by atoms with Crippen LogP contribution < -0.4 is 0 Å². The van der Waals surface area contributed by atoms with Crippen molar-refractivity contribution in [3.63, 3.8) is 0 Å². The third-order valence-electron chi connectivity index (χ3n) is 1.99. The quantitative estimate of drug-likeness (QED) is 0.390. The molecule has 0 aliphatic heterocycles. The summed E-state index contributed by atoms with van der Waals surface area (Å²) in [5.41, 5.74) is 0. The molecule has 0 saturated carbocycles. The summed E-state index contributed by atoms with van der Waals surface area (Å²) in [5, 5.41) is 1.52. The molecule has 0 saturated heterocycles. The van der Waals surface area contributed by atoms with Gasteiger partial charge in [-0.05, 0) is 6.42 Å². The van der Waals surface area contributed by atoms with Crippen molar-refractivity contribution in [2.24, 2.45) is 0 Å². The van der Waals surface area contributed by atoms with E-state index in [9.17, 15) is 9.46 Å². The highest BCUT2D eigenvalue weighted by Gasteiger charge is 2.21. The first-order chi connectivity index (χ1) is 6.55. The lowest BCUT2D eigenvalue weighted by Gasteiger charge is -2.21. The van der Waals surface area contributed by atoms with E-state index < -0.39 is 7.60 Å². The largest absolute Gasteiger partial charge is 0.344 e. The molecule has 0 aromatic heterocycles. The van der Waals surface area contributed by atoms with Crippen LogP contribution in [0.5, 0.6) is 0 Å². The van der Waals surface area contributed by atoms with E-state index in [0.29, 0.717) is 13.1 Å². The summed E-state index contributed by atoms with van der Waals surface area (Å²) in [6.07, 6.45) is 3.04.